The van der Waals surface area contributed by atoms with Gasteiger partial charge in [0, 0.05) is 22.6 Å². The van der Waals surface area contributed by atoms with Gasteiger partial charge in [0.2, 0.25) is 12.1 Å². The quantitative estimate of drug-likeness (QED) is 0.192. The van der Waals surface area contributed by atoms with Crippen molar-refractivity contribution in [2.45, 2.75) is 58.7 Å². The number of benzene rings is 3. The first kappa shape index (κ1) is 28.7. The van der Waals surface area contributed by atoms with Gasteiger partial charge in [-0.3, -0.25) is 0 Å². The lowest BCUT2D eigenvalue weighted by Gasteiger charge is -2.26. The van der Waals surface area contributed by atoms with E-state index in [1.807, 2.05) is 6.92 Å². The molecule has 39 heavy (non-hydrogen) atoms. The molecule has 1 fully saturated rings. The van der Waals surface area contributed by atoms with Crippen molar-refractivity contribution < 1.29 is 27.4 Å². The van der Waals surface area contributed by atoms with Gasteiger partial charge in [0.05, 0.1) is 19.8 Å². The molecule has 3 aromatic carbocycles. The summed E-state index contributed by atoms with van der Waals surface area (Å²) in [6.07, 6.45) is 5.72. The Hall–Kier alpha value is -3.27. The molecule has 0 aliphatic carbocycles. The fourth-order valence-electron chi connectivity index (χ4n) is 4.47. The zero-order chi connectivity index (χ0) is 27.6. The lowest BCUT2D eigenvalue weighted by Crippen LogP contribution is -2.31. The second-order valence-corrected chi connectivity index (χ2v) is 9.84. The number of unbranched alkanes of at least 4 members (excludes halogenated alkanes) is 3. The van der Waals surface area contributed by atoms with Crippen molar-refractivity contribution in [1.29, 1.82) is 0 Å². The third kappa shape index (κ3) is 7.65. The highest BCUT2D eigenvalue weighted by Gasteiger charge is 2.20. The smallest absolute Gasteiger partial charge is 0.222 e. The number of ether oxygens (including phenoxy) is 3. The van der Waals surface area contributed by atoms with E-state index >= 15 is 0 Å². The van der Waals surface area contributed by atoms with Crippen LogP contribution in [0.1, 0.15) is 57.9 Å². The molecule has 6 heteroatoms. The summed E-state index contributed by atoms with van der Waals surface area (Å²) in [6.45, 7) is 5.76. The minimum atomic E-state index is -1.01. The van der Waals surface area contributed by atoms with E-state index in [9.17, 15) is 13.2 Å². The van der Waals surface area contributed by atoms with E-state index in [0.29, 0.717) is 48.0 Å². The molecule has 3 nitrogen and oxygen atoms in total. The first-order valence-corrected chi connectivity index (χ1v) is 13.8. The van der Waals surface area contributed by atoms with Gasteiger partial charge in [0.25, 0.3) is 0 Å². The summed E-state index contributed by atoms with van der Waals surface area (Å²) in [5.74, 6) is 3.76. The van der Waals surface area contributed by atoms with E-state index in [1.165, 1.54) is 37.5 Å². The molecule has 0 bridgehead atoms. The highest BCUT2D eigenvalue weighted by atomic mass is 19.2. The van der Waals surface area contributed by atoms with Crippen LogP contribution in [0.2, 0.25) is 0 Å². The molecular weight excluding hydrogens is 501 g/mol. The maximum atomic E-state index is 15.0. The Bertz CT molecular complexity index is 1290. The van der Waals surface area contributed by atoms with Crippen molar-refractivity contribution in [2.24, 2.45) is 5.92 Å². The van der Waals surface area contributed by atoms with E-state index in [0.717, 1.165) is 19.3 Å². The Balaban J connectivity index is 1.39. The van der Waals surface area contributed by atoms with Crippen LogP contribution in [-0.2, 0) is 9.47 Å². The zero-order valence-electron chi connectivity index (χ0n) is 22.6. The fraction of sp³-hybridized carbons (Fsp3) is 0.394. The van der Waals surface area contributed by atoms with Crippen molar-refractivity contribution in [3.8, 4) is 39.8 Å². The number of hydrogen-bond acceptors (Lipinski definition) is 3. The maximum Gasteiger partial charge on any atom is 0.222 e. The highest BCUT2D eigenvalue weighted by Crippen LogP contribution is 2.32. The monoisotopic (exact) mass is 536 g/mol. The predicted molar refractivity (Wildman–Crippen MR) is 148 cm³/mol. The standard InChI is InChI=1S/C33H35F3O3/c1-3-5-7-8-24-21-38-31(39-22-24)18-10-23-9-15-27(29(34)20-23)25-11-13-26(14-12-25)28-16-17-30(33(36)32(28)35)37-19-6-4-2/h9,11-17,20,24,31H,3-8,19,21-22H2,1-2H3. The molecule has 0 amide bonds. The van der Waals surface area contributed by atoms with Crippen molar-refractivity contribution in [3.05, 3.63) is 77.6 Å². The molecule has 0 aromatic heterocycles. The first-order valence-electron chi connectivity index (χ1n) is 13.8. The lowest BCUT2D eigenvalue weighted by atomic mass is 9.98. The lowest BCUT2D eigenvalue weighted by molar-refractivity contribution is -0.170. The maximum absolute atomic E-state index is 15.0. The summed E-state index contributed by atoms with van der Waals surface area (Å²) < 4.78 is 60.9. The minimum absolute atomic E-state index is 0.0974. The Morgan fingerprint density at radius 1 is 0.795 bits per heavy atom. The Kier molecular flexibility index (Phi) is 10.5. The Morgan fingerprint density at radius 2 is 1.46 bits per heavy atom. The molecular formula is C33H35F3O3. The van der Waals surface area contributed by atoms with Crippen molar-refractivity contribution in [3.63, 3.8) is 0 Å². The number of rotatable bonds is 10. The Morgan fingerprint density at radius 3 is 2.13 bits per heavy atom. The number of halogens is 3. The van der Waals surface area contributed by atoms with Crippen LogP contribution in [0.4, 0.5) is 13.2 Å². The van der Waals surface area contributed by atoms with Crippen LogP contribution in [0.5, 0.6) is 5.75 Å². The minimum Gasteiger partial charge on any atom is -0.490 e. The molecule has 3 aromatic rings. The van der Waals surface area contributed by atoms with Gasteiger partial charge < -0.3 is 14.2 Å². The van der Waals surface area contributed by atoms with Gasteiger partial charge in [-0.05, 0) is 54.2 Å². The summed E-state index contributed by atoms with van der Waals surface area (Å²) in [6, 6.07) is 14.4. The summed E-state index contributed by atoms with van der Waals surface area (Å²) in [7, 11) is 0. The molecule has 1 aliphatic heterocycles. The largest absolute Gasteiger partial charge is 0.490 e. The third-order valence-electron chi connectivity index (χ3n) is 6.80. The summed E-state index contributed by atoms with van der Waals surface area (Å²) in [5.41, 5.74) is 2.12. The van der Waals surface area contributed by atoms with Crippen LogP contribution in [-0.4, -0.2) is 26.1 Å². The van der Waals surface area contributed by atoms with Crippen molar-refractivity contribution in [2.75, 3.05) is 19.8 Å². The second-order valence-electron chi connectivity index (χ2n) is 9.84. The van der Waals surface area contributed by atoms with E-state index in [1.54, 1.807) is 36.4 Å². The van der Waals surface area contributed by atoms with Crippen LogP contribution in [0.3, 0.4) is 0 Å². The molecule has 1 saturated heterocycles. The average Bonchev–Trinajstić information content (AvgIpc) is 2.95. The van der Waals surface area contributed by atoms with E-state index in [2.05, 4.69) is 18.8 Å². The second kappa shape index (κ2) is 14.2. The summed E-state index contributed by atoms with van der Waals surface area (Å²) in [4.78, 5) is 0. The SMILES string of the molecule is CCCCCC1COC(C#Cc2ccc(-c3ccc(-c4ccc(OCCCC)c(F)c4F)cc3)c(F)c2)OC1. The topological polar surface area (TPSA) is 27.7 Å². The van der Waals surface area contributed by atoms with Crippen LogP contribution >= 0.6 is 0 Å². The third-order valence-corrected chi connectivity index (χ3v) is 6.80. The molecule has 0 radical (unpaired) electrons. The molecule has 206 valence electrons. The molecule has 0 atom stereocenters. The van der Waals surface area contributed by atoms with Crippen LogP contribution < -0.4 is 4.74 Å². The van der Waals surface area contributed by atoms with Crippen molar-refractivity contribution in [1.82, 2.24) is 0 Å². The van der Waals surface area contributed by atoms with Crippen LogP contribution in [0.15, 0.2) is 54.6 Å². The van der Waals surface area contributed by atoms with Gasteiger partial charge in [-0.2, -0.15) is 4.39 Å². The fourth-order valence-corrected chi connectivity index (χ4v) is 4.47. The van der Waals surface area contributed by atoms with Gasteiger partial charge in [0.1, 0.15) is 5.82 Å². The molecule has 4 rings (SSSR count). The van der Waals surface area contributed by atoms with Gasteiger partial charge in [0.15, 0.2) is 11.6 Å². The predicted octanol–water partition coefficient (Wildman–Crippen LogP) is 8.54. The van der Waals surface area contributed by atoms with Gasteiger partial charge in [-0.25, -0.2) is 8.78 Å². The number of hydrogen-bond donors (Lipinski definition) is 0. The summed E-state index contributed by atoms with van der Waals surface area (Å²) >= 11 is 0. The van der Waals surface area contributed by atoms with Crippen molar-refractivity contribution >= 4 is 0 Å². The molecule has 1 heterocycles. The van der Waals surface area contributed by atoms with Gasteiger partial charge in [-0.15, -0.1) is 0 Å². The van der Waals surface area contributed by atoms with Crippen LogP contribution in [0, 0.1) is 35.2 Å². The Labute approximate surface area is 229 Å². The molecule has 0 N–H and O–H groups in total. The van der Waals surface area contributed by atoms with E-state index in [4.69, 9.17) is 14.2 Å². The van der Waals surface area contributed by atoms with Gasteiger partial charge >= 0.3 is 0 Å². The van der Waals surface area contributed by atoms with Crippen LogP contribution in [0.25, 0.3) is 22.3 Å². The zero-order valence-corrected chi connectivity index (χ0v) is 22.6. The molecule has 0 unspecified atom stereocenters. The normalized spacial score (nSPS) is 16.9. The average molecular weight is 537 g/mol. The van der Waals surface area contributed by atoms with E-state index < -0.39 is 23.7 Å². The van der Waals surface area contributed by atoms with E-state index in [-0.39, 0.29) is 11.3 Å². The molecule has 1 aliphatic rings. The van der Waals surface area contributed by atoms with Gasteiger partial charge in [-0.1, -0.05) is 75.8 Å². The summed E-state index contributed by atoms with van der Waals surface area (Å²) in [5, 5.41) is 0. The molecule has 0 saturated carbocycles. The highest BCUT2D eigenvalue weighted by molar-refractivity contribution is 5.72. The first-order chi connectivity index (χ1) is 19.0. The molecule has 0 spiro atoms.